The number of alkyl halides is 2. The average molecular weight is 356 g/mol. The Hall–Kier alpha value is -2.84. The van der Waals surface area contributed by atoms with Gasteiger partial charge in [0.15, 0.2) is 11.5 Å². The number of urea groups is 1. The zero-order valence-corrected chi connectivity index (χ0v) is 13.9. The molecule has 0 saturated carbocycles. The van der Waals surface area contributed by atoms with Gasteiger partial charge in [0.1, 0.15) is 0 Å². The smallest absolute Gasteiger partial charge is 0.387 e. The molecule has 0 radical (unpaired) electrons. The van der Waals surface area contributed by atoms with Crippen LogP contribution >= 0.6 is 0 Å². The van der Waals surface area contributed by atoms with Gasteiger partial charge in [-0.1, -0.05) is 6.07 Å². The van der Waals surface area contributed by atoms with Crippen LogP contribution in [-0.4, -0.2) is 32.3 Å². The highest BCUT2D eigenvalue weighted by Crippen LogP contribution is 2.35. The molecule has 2 rings (SSSR count). The summed E-state index contributed by atoms with van der Waals surface area (Å²) < 4.78 is 39.5. The van der Waals surface area contributed by atoms with Crippen molar-refractivity contribution in [3.8, 4) is 11.5 Å². The molecule has 7 nitrogen and oxygen atoms in total. The standard InChI is InChI=1S/C16H18F2N2O5/c1-4-24-11-7-9(5-6-10(11)25-15(17)18)13-12(14(21)23-3)8(2)19-16(22)20-13/h5-7,13,15H,4H2,1-3H3,(H2,19,20,22)/t13-/m0/s1. The number of rotatable bonds is 6. The molecule has 0 bridgehead atoms. The highest BCUT2D eigenvalue weighted by molar-refractivity contribution is 5.94. The molecular formula is C16H18F2N2O5. The number of amides is 2. The summed E-state index contributed by atoms with van der Waals surface area (Å²) in [7, 11) is 1.22. The van der Waals surface area contributed by atoms with Crippen molar-refractivity contribution in [2.45, 2.75) is 26.5 Å². The van der Waals surface area contributed by atoms with Gasteiger partial charge in [0, 0.05) is 5.70 Å². The van der Waals surface area contributed by atoms with Crippen LogP contribution in [-0.2, 0) is 9.53 Å². The number of ether oxygens (including phenoxy) is 3. The van der Waals surface area contributed by atoms with Gasteiger partial charge in [0.2, 0.25) is 0 Å². The zero-order chi connectivity index (χ0) is 18.6. The quantitative estimate of drug-likeness (QED) is 0.765. The van der Waals surface area contributed by atoms with Crippen LogP contribution in [0.2, 0.25) is 0 Å². The maximum Gasteiger partial charge on any atom is 0.387 e. The van der Waals surface area contributed by atoms with Crippen LogP contribution in [0, 0.1) is 0 Å². The largest absolute Gasteiger partial charge is 0.490 e. The fourth-order valence-electron chi connectivity index (χ4n) is 2.49. The number of allylic oxidation sites excluding steroid dienone is 1. The van der Waals surface area contributed by atoms with E-state index in [0.717, 1.165) is 0 Å². The van der Waals surface area contributed by atoms with Crippen molar-refractivity contribution in [3.63, 3.8) is 0 Å². The maximum absolute atomic E-state index is 12.5. The Morgan fingerprint density at radius 1 is 1.32 bits per heavy atom. The second-order valence-corrected chi connectivity index (χ2v) is 5.08. The molecule has 2 N–H and O–H groups in total. The first-order valence-corrected chi connectivity index (χ1v) is 7.45. The summed E-state index contributed by atoms with van der Waals surface area (Å²) in [5.41, 5.74) is 0.998. The molecule has 136 valence electrons. The number of carbonyl (C=O) groups is 2. The Kier molecular flexibility index (Phi) is 5.79. The topological polar surface area (TPSA) is 85.9 Å². The van der Waals surface area contributed by atoms with Crippen LogP contribution in [0.15, 0.2) is 29.5 Å². The van der Waals surface area contributed by atoms with Gasteiger partial charge >= 0.3 is 18.6 Å². The molecule has 1 aliphatic heterocycles. The van der Waals surface area contributed by atoms with Crippen molar-refractivity contribution in [2.75, 3.05) is 13.7 Å². The first-order valence-electron chi connectivity index (χ1n) is 7.45. The number of hydrogen-bond acceptors (Lipinski definition) is 5. The third-order valence-corrected chi connectivity index (χ3v) is 3.49. The van der Waals surface area contributed by atoms with E-state index in [9.17, 15) is 18.4 Å². The molecule has 25 heavy (non-hydrogen) atoms. The number of nitrogens with one attached hydrogen (secondary N) is 2. The van der Waals surface area contributed by atoms with Crippen LogP contribution in [0.1, 0.15) is 25.5 Å². The van der Waals surface area contributed by atoms with Crippen molar-refractivity contribution >= 4 is 12.0 Å². The minimum absolute atomic E-state index is 0.0787. The third-order valence-electron chi connectivity index (χ3n) is 3.49. The van der Waals surface area contributed by atoms with E-state index in [0.29, 0.717) is 11.3 Å². The van der Waals surface area contributed by atoms with E-state index in [2.05, 4.69) is 15.4 Å². The predicted octanol–water partition coefficient (Wildman–Crippen LogP) is 2.49. The predicted molar refractivity (Wildman–Crippen MR) is 83.4 cm³/mol. The number of methoxy groups -OCH3 is 1. The summed E-state index contributed by atoms with van der Waals surface area (Å²) in [6.45, 7) is 0.474. The van der Waals surface area contributed by atoms with Crippen LogP contribution in [0.25, 0.3) is 0 Å². The van der Waals surface area contributed by atoms with Gasteiger partial charge in [-0.25, -0.2) is 9.59 Å². The molecule has 1 aromatic rings. The second kappa shape index (κ2) is 7.82. The summed E-state index contributed by atoms with van der Waals surface area (Å²) >= 11 is 0. The molecule has 0 fully saturated rings. The maximum atomic E-state index is 12.5. The zero-order valence-electron chi connectivity index (χ0n) is 13.9. The number of esters is 1. The lowest BCUT2D eigenvalue weighted by Gasteiger charge is -2.28. The molecule has 0 aromatic heterocycles. The van der Waals surface area contributed by atoms with E-state index in [1.165, 1.54) is 25.3 Å². The van der Waals surface area contributed by atoms with E-state index in [4.69, 9.17) is 9.47 Å². The highest BCUT2D eigenvalue weighted by Gasteiger charge is 2.32. The lowest BCUT2D eigenvalue weighted by Crippen LogP contribution is -2.45. The summed E-state index contributed by atoms with van der Waals surface area (Å²) in [6.07, 6.45) is 0. The van der Waals surface area contributed by atoms with E-state index < -0.39 is 24.7 Å². The first-order chi connectivity index (χ1) is 11.9. The molecular weight excluding hydrogens is 338 g/mol. The lowest BCUT2D eigenvalue weighted by atomic mass is 9.95. The first kappa shape index (κ1) is 18.5. The molecule has 0 unspecified atom stereocenters. The number of hydrogen-bond donors (Lipinski definition) is 2. The Morgan fingerprint density at radius 2 is 2.04 bits per heavy atom. The van der Waals surface area contributed by atoms with Crippen LogP contribution in [0.3, 0.4) is 0 Å². The van der Waals surface area contributed by atoms with Gasteiger partial charge in [-0.3, -0.25) is 0 Å². The van der Waals surface area contributed by atoms with Crippen molar-refractivity contribution in [1.29, 1.82) is 0 Å². The van der Waals surface area contributed by atoms with E-state index in [1.54, 1.807) is 13.8 Å². The third kappa shape index (κ3) is 4.17. The summed E-state index contributed by atoms with van der Waals surface area (Å²) in [5, 5.41) is 5.10. The van der Waals surface area contributed by atoms with Gasteiger partial charge in [-0.2, -0.15) is 8.78 Å². The van der Waals surface area contributed by atoms with Gasteiger partial charge in [-0.05, 0) is 31.5 Å². The van der Waals surface area contributed by atoms with Gasteiger partial charge < -0.3 is 24.8 Å². The monoisotopic (exact) mass is 356 g/mol. The second-order valence-electron chi connectivity index (χ2n) is 5.08. The fraction of sp³-hybridized carbons (Fsp3) is 0.375. The highest BCUT2D eigenvalue weighted by atomic mass is 19.3. The molecule has 9 heteroatoms. The fourth-order valence-corrected chi connectivity index (χ4v) is 2.49. The Morgan fingerprint density at radius 3 is 2.64 bits per heavy atom. The summed E-state index contributed by atoms with van der Waals surface area (Å²) in [6, 6.07) is 2.88. The lowest BCUT2D eigenvalue weighted by molar-refractivity contribution is -0.136. The Balaban J connectivity index is 2.47. The van der Waals surface area contributed by atoms with Crippen molar-refractivity contribution in [2.24, 2.45) is 0 Å². The van der Waals surface area contributed by atoms with Crippen LogP contribution in [0.4, 0.5) is 13.6 Å². The van der Waals surface area contributed by atoms with E-state index in [-0.39, 0.29) is 23.7 Å². The average Bonchev–Trinajstić information content (AvgIpc) is 2.55. The van der Waals surface area contributed by atoms with E-state index >= 15 is 0 Å². The summed E-state index contributed by atoms with van der Waals surface area (Å²) in [5.74, 6) is -0.683. The summed E-state index contributed by atoms with van der Waals surface area (Å²) in [4.78, 5) is 23.8. The van der Waals surface area contributed by atoms with Crippen molar-refractivity contribution < 1.29 is 32.6 Å². The molecule has 1 aromatic carbocycles. The van der Waals surface area contributed by atoms with Crippen molar-refractivity contribution in [1.82, 2.24) is 10.6 Å². The van der Waals surface area contributed by atoms with Crippen molar-refractivity contribution in [3.05, 3.63) is 35.0 Å². The number of carbonyl (C=O) groups excluding carboxylic acids is 2. The molecule has 2 amide bonds. The molecule has 1 aliphatic rings. The van der Waals surface area contributed by atoms with Gasteiger partial charge in [0.25, 0.3) is 0 Å². The molecule has 0 spiro atoms. The Bertz CT molecular complexity index is 706. The molecule has 0 saturated heterocycles. The molecule has 1 heterocycles. The van der Waals surface area contributed by atoms with Crippen LogP contribution < -0.4 is 20.1 Å². The Labute approximate surface area is 142 Å². The molecule has 0 aliphatic carbocycles. The number of halogens is 2. The van der Waals surface area contributed by atoms with E-state index in [1.807, 2.05) is 0 Å². The normalized spacial score (nSPS) is 17.0. The van der Waals surface area contributed by atoms with Crippen LogP contribution in [0.5, 0.6) is 11.5 Å². The van der Waals surface area contributed by atoms with Gasteiger partial charge in [-0.15, -0.1) is 0 Å². The minimum atomic E-state index is -3.00. The minimum Gasteiger partial charge on any atom is -0.490 e. The SMILES string of the molecule is CCOc1cc([C@@H]2NC(=O)NC(C)=C2C(=O)OC)ccc1OC(F)F. The molecule has 1 atom stereocenters. The number of benzene rings is 1. The van der Waals surface area contributed by atoms with Gasteiger partial charge in [0.05, 0.1) is 25.3 Å².